The molecule has 0 saturated carbocycles. The van der Waals surface area contributed by atoms with Crippen LogP contribution in [0.4, 0.5) is 4.79 Å². The van der Waals surface area contributed by atoms with Crippen LogP contribution in [0.1, 0.15) is 18.9 Å². The zero-order valence-corrected chi connectivity index (χ0v) is 12.9. The van der Waals surface area contributed by atoms with Crippen LogP contribution in [0.3, 0.4) is 0 Å². The van der Waals surface area contributed by atoms with Gasteiger partial charge in [0.2, 0.25) is 0 Å². The number of carbonyl (C=O) groups is 2. The maximum atomic E-state index is 12.0. The van der Waals surface area contributed by atoms with Crippen molar-refractivity contribution in [3.8, 4) is 5.75 Å². The second-order valence-electron chi connectivity index (χ2n) is 5.70. The summed E-state index contributed by atoms with van der Waals surface area (Å²) in [5.41, 5.74) is 1.16. The van der Waals surface area contributed by atoms with Gasteiger partial charge in [-0.15, -0.1) is 0 Å². The van der Waals surface area contributed by atoms with Crippen LogP contribution in [0.5, 0.6) is 5.75 Å². The number of hydrogen-bond acceptors (Lipinski definition) is 3. The minimum absolute atomic E-state index is 0.162. The first-order valence-electron chi connectivity index (χ1n) is 7.44. The highest BCUT2D eigenvalue weighted by Gasteiger charge is 2.30. The first-order valence-corrected chi connectivity index (χ1v) is 7.44. The number of carboxylic acid groups (broad SMARTS) is 1. The van der Waals surface area contributed by atoms with Crippen LogP contribution in [-0.2, 0) is 4.79 Å². The summed E-state index contributed by atoms with van der Waals surface area (Å²) in [6, 6.07) is 7.49. The molecule has 2 atom stereocenters. The van der Waals surface area contributed by atoms with Gasteiger partial charge < -0.3 is 20.1 Å². The lowest BCUT2D eigenvalue weighted by atomic mass is 10.1. The van der Waals surface area contributed by atoms with Crippen molar-refractivity contribution >= 4 is 12.0 Å². The lowest BCUT2D eigenvalue weighted by molar-refractivity contribution is -0.141. The third kappa shape index (κ3) is 4.38. The number of benzene rings is 1. The fourth-order valence-electron chi connectivity index (χ4n) is 2.38. The smallest absolute Gasteiger partial charge is 0.317 e. The Balaban J connectivity index is 1.74. The molecule has 2 amide bonds. The summed E-state index contributed by atoms with van der Waals surface area (Å²) in [7, 11) is 0. The highest BCUT2D eigenvalue weighted by molar-refractivity contribution is 5.77. The standard InChI is InChI=1S/C16H22N2O4/c1-11-3-5-14(6-4-11)22-12(2)9-17-16(21)18-8-7-13(10-18)15(19)20/h3-6,12-13H,7-10H2,1-2H3,(H,17,21)(H,19,20). The SMILES string of the molecule is Cc1ccc(OC(C)CNC(=O)N2CCC(C(=O)O)C2)cc1. The van der Waals surface area contributed by atoms with Crippen molar-refractivity contribution in [2.45, 2.75) is 26.4 Å². The molecule has 22 heavy (non-hydrogen) atoms. The van der Waals surface area contributed by atoms with E-state index < -0.39 is 11.9 Å². The van der Waals surface area contributed by atoms with E-state index >= 15 is 0 Å². The molecule has 6 heteroatoms. The monoisotopic (exact) mass is 306 g/mol. The molecule has 1 saturated heterocycles. The molecular formula is C16H22N2O4. The molecule has 0 aromatic heterocycles. The Kier molecular flexibility index (Phi) is 5.25. The number of carboxylic acids is 1. The van der Waals surface area contributed by atoms with Crippen molar-refractivity contribution in [2.75, 3.05) is 19.6 Å². The third-order valence-corrected chi connectivity index (χ3v) is 3.72. The van der Waals surface area contributed by atoms with Crippen LogP contribution in [0.15, 0.2) is 24.3 Å². The van der Waals surface area contributed by atoms with E-state index in [1.807, 2.05) is 38.1 Å². The predicted molar refractivity (Wildman–Crippen MR) is 82.0 cm³/mol. The van der Waals surface area contributed by atoms with E-state index in [1.165, 1.54) is 4.90 Å². The van der Waals surface area contributed by atoms with Gasteiger partial charge in [-0.1, -0.05) is 17.7 Å². The molecule has 0 bridgehead atoms. The number of nitrogens with zero attached hydrogens (tertiary/aromatic N) is 1. The van der Waals surface area contributed by atoms with E-state index in [-0.39, 0.29) is 18.7 Å². The number of nitrogens with one attached hydrogen (secondary N) is 1. The van der Waals surface area contributed by atoms with Crippen molar-refractivity contribution < 1.29 is 19.4 Å². The number of rotatable bonds is 5. The van der Waals surface area contributed by atoms with Gasteiger partial charge in [0.1, 0.15) is 11.9 Å². The predicted octanol–water partition coefficient (Wildman–Crippen LogP) is 1.88. The lowest BCUT2D eigenvalue weighted by Crippen LogP contribution is -2.42. The van der Waals surface area contributed by atoms with E-state index in [4.69, 9.17) is 9.84 Å². The van der Waals surface area contributed by atoms with Crippen molar-refractivity contribution in [3.05, 3.63) is 29.8 Å². The number of urea groups is 1. The van der Waals surface area contributed by atoms with Gasteiger partial charge in [-0.3, -0.25) is 4.79 Å². The van der Waals surface area contributed by atoms with Crippen molar-refractivity contribution in [1.29, 1.82) is 0 Å². The maximum absolute atomic E-state index is 12.0. The summed E-state index contributed by atoms with van der Waals surface area (Å²) in [6.07, 6.45) is 0.350. The Labute approximate surface area is 130 Å². The summed E-state index contributed by atoms with van der Waals surface area (Å²) in [6.45, 7) is 5.02. The summed E-state index contributed by atoms with van der Waals surface area (Å²) < 4.78 is 5.71. The fraction of sp³-hybridized carbons (Fsp3) is 0.500. The summed E-state index contributed by atoms with van der Waals surface area (Å²) in [4.78, 5) is 24.4. The maximum Gasteiger partial charge on any atom is 0.317 e. The minimum atomic E-state index is -0.841. The highest BCUT2D eigenvalue weighted by atomic mass is 16.5. The molecule has 1 aliphatic rings. The average molecular weight is 306 g/mol. The van der Waals surface area contributed by atoms with Crippen LogP contribution < -0.4 is 10.1 Å². The normalized spacial score (nSPS) is 18.8. The molecule has 120 valence electrons. The van der Waals surface area contributed by atoms with Crippen molar-refractivity contribution in [3.63, 3.8) is 0 Å². The van der Waals surface area contributed by atoms with Crippen LogP contribution in [0.2, 0.25) is 0 Å². The molecule has 1 aliphatic heterocycles. The number of likely N-dealkylation sites (tertiary alicyclic amines) is 1. The Morgan fingerprint density at radius 1 is 1.41 bits per heavy atom. The van der Waals surface area contributed by atoms with E-state index in [0.29, 0.717) is 19.5 Å². The molecule has 0 radical (unpaired) electrons. The fourth-order valence-corrected chi connectivity index (χ4v) is 2.38. The quantitative estimate of drug-likeness (QED) is 0.870. The lowest BCUT2D eigenvalue weighted by Gasteiger charge is -2.20. The minimum Gasteiger partial charge on any atom is -0.489 e. The van der Waals surface area contributed by atoms with E-state index in [1.54, 1.807) is 0 Å². The molecule has 6 nitrogen and oxygen atoms in total. The zero-order chi connectivity index (χ0) is 16.1. The molecule has 1 aromatic carbocycles. The number of carbonyl (C=O) groups excluding carboxylic acids is 1. The number of aliphatic carboxylic acids is 1. The molecule has 2 rings (SSSR count). The van der Waals surface area contributed by atoms with Crippen LogP contribution >= 0.6 is 0 Å². The molecular weight excluding hydrogens is 284 g/mol. The molecule has 2 unspecified atom stereocenters. The number of ether oxygens (including phenoxy) is 1. The Bertz CT molecular complexity index is 529. The van der Waals surface area contributed by atoms with E-state index in [9.17, 15) is 9.59 Å². The number of hydrogen-bond donors (Lipinski definition) is 2. The van der Waals surface area contributed by atoms with Gasteiger partial charge in [0.05, 0.1) is 12.5 Å². The van der Waals surface area contributed by atoms with Gasteiger partial charge >= 0.3 is 12.0 Å². The van der Waals surface area contributed by atoms with Crippen LogP contribution in [0.25, 0.3) is 0 Å². The number of aryl methyl sites for hydroxylation is 1. The molecule has 2 N–H and O–H groups in total. The van der Waals surface area contributed by atoms with E-state index in [2.05, 4.69) is 5.32 Å². The zero-order valence-electron chi connectivity index (χ0n) is 12.9. The summed E-state index contributed by atoms with van der Waals surface area (Å²) in [5.74, 6) is -0.530. The van der Waals surface area contributed by atoms with Crippen LogP contribution in [0, 0.1) is 12.8 Å². The number of amides is 2. The van der Waals surface area contributed by atoms with Crippen molar-refractivity contribution in [2.24, 2.45) is 5.92 Å². The summed E-state index contributed by atoms with van der Waals surface area (Å²) >= 11 is 0. The van der Waals surface area contributed by atoms with Gasteiger partial charge in [-0.2, -0.15) is 0 Å². The molecule has 0 spiro atoms. The highest BCUT2D eigenvalue weighted by Crippen LogP contribution is 2.16. The molecule has 0 aliphatic carbocycles. The second kappa shape index (κ2) is 7.15. The first kappa shape index (κ1) is 16.1. The average Bonchev–Trinajstić information content (AvgIpc) is 2.97. The van der Waals surface area contributed by atoms with Gasteiger partial charge in [0.25, 0.3) is 0 Å². The van der Waals surface area contributed by atoms with Crippen molar-refractivity contribution in [1.82, 2.24) is 10.2 Å². The molecule has 1 fully saturated rings. The van der Waals surface area contributed by atoms with E-state index in [0.717, 1.165) is 11.3 Å². The second-order valence-corrected chi connectivity index (χ2v) is 5.70. The third-order valence-electron chi connectivity index (χ3n) is 3.72. The van der Waals surface area contributed by atoms with Gasteiger partial charge in [0, 0.05) is 13.1 Å². The molecule has 1 heterocycles. The van der Waals surface area contributed by atoms with Gasteiger partial charge in [-0.05, 0) is 32.4 Å². The first-order chi connectivity index (χ1) is 10.5. The van der Waals surface area contributed by atoms with Gasteiger partial charge in [0.15, 0.2) is 0 Å². The largest absolute Gasteiger partial charge is 0.489 e. The Hall–Kier alpha value is -2.24. The molecule has 1 aromatic rings. The Morgan fingerprint density at radius 2 is 2.09 bits per heavy atom. The van der Waals surface area contributed by atoms with Gasteiger partial charge in [-0.25, -0.2) is 4.79 Å². The Morgan fingerprint density at radius 3 is 2.68 bits per heavy atom. The summed E-state index contributed by atoms with van der Waals surface area (Å²) in [5, 5.41) is 11.7. The topological polar surface area (TPSA) is 78.9 Å². The van der Waals surface area contributed by atoms with Crippen LogP contribution in [-0.4, -0.2) is 47.7 Å².